The predicted octanol–water partition coefficient (Wildman–Crippen LogP) is 9.75. The van der Waals surface area contributed by atoms with Crippen LogP contribution < -0.4 is 0 Å². The number of hydrogen-bond donors (Lipinski definition) is 4. The Labute approximate surface area is 327 Å². The number of phosphoric ester groups is 1. The van der Waals surface area contributed by atoms with Crippen LogP contribution in [-0.4, -0.2) is 76.9 Å². The molecule has 0 saturated carbocycles. The molecule has 0 aromatic carbocycles. The van der Waals surface area contributed by atoms with Crippen LogP contribution in [-0.2, 0) is 32.7 Å². The van der Waals surface area contributed by atoms with E-state index in [-0.39, 0.29) is 19.4 Å². The summed E-state index contributed by atoms with van der Waals surface area (Å²) in [5.74, 6) is -1.01. The molecular weight excluding hydrogens is 711 g/mol. The van der Waals surface area contributed by atoms with Crippen molar-refractivity contribution >= 4 is 19.8 Å². The maximum Gasteiger partial charge on any atom is 0.472 e. The SMILES string of the molecule is CCCCCC=CC=CC(O)CCCCCCCC(=O)OC(COC(=O)CCCCCCCC=CCCCCCCCC)COP(=O)(O)OCC(O)CO. The smallest absolute Gasteiger partial charge is 0.462 e. The number of unbranched alkanes of at least 4 members (excludes halogenated alkanes) is 18. The van der Waals surface area contributed by atoms with Gasteiger partial charge in [-0.1, -0.05) is 140 Å². The molecule has 0 aromatic heterocycles. The Bertz CT molecular complexity index is 1020. The van der Waals surface area contributed by atoms with Gasteiger partial charge in [0.1, 0.15) is 12.7 Å². The minimum Gasteiger partial charge on any atom is -0.462 e. The third-order valence-electron chi connectivity index (χ3n) is 8.87. The molecule has 0 saturated heterocycles. The molecule has 0 heterocycles. The average molecular weight is 789 g/mol. The quantitative estimate of drug-likeness (QED) is 0.0154. The molecule has 11 nitrogen and oxygen atoms in total. The van der Waals surface area contributed by atoms with Crippen LogP contribution in [0.15, 0.2) is 36.5 Å². The molecule has 0 rings (SSSR count). The summed E-state index contributed by atoms with van der Waals surface area (Å²) in [7, 11) is -4.64. The molecule has 0 aromatic rings. The van der Waals surface area contributed by atoms with Gasteiger partial charge in [-0.2, -0.15) is 0 Å². The van der Waals surface area contributed by atoms with Crippen LogP contribution in [0.2, 0.25) is 0 Å². The van der Waals surface area contributed by atoms with Crippen LogP contribution in [0.3, 0.4) is 0 Å². The zero-order chi connectivity index (χ0) is 40.0. The van der Waals surface area contributed by atoms with Gasteiger partial charge in [0.2, 0.25) is 0 Å². The van der Waals surface area contributed by atoms with E-state index in [9.17, 15) is 29.3 Å². The number of esters is 2. The van der Waals surface area contributed by atoms with Crippen molar-refractivity contribution in [3.05, 3.63) is 36.5 Å². The first kappa shape index (κ1) is 52.2. The fourth-order valence-corrected chi connectivity index (χ4v) is 6.33. The van der Waals surface area contributed by atoms with E-state index in [1.165, 1.54) is 57.8 Å². The number of aliphatic hydroxyl groups excluding tert-OH is 3. The highest BCUT2D eigenvalue weighted by molar-refractivity contribution is 7.47. The summed E-state index contributed by atoms with van der Waals surface area (Å²) in [6, 6.07) is 0. The van der Waals surface area contributed by atoms with Gasteiger partial charge in [-0.05, 0) is 57.8 Å². The van der Waals surface area contributed by atoms with Crippen molar-refractivity contribution < 1.29 is 52.9 Å². The summed E-state index contributed by atoms with van der Waals surface area (Å²) in [5.41, 5.74) is 0. The van der Waals surface area contributed by atoms with E-state index in [1.807, 2.05) is 18.2 Å². The third kappa shape index (κ3) is 37.1. The van der Waals surface area contributed by atoms with Gasteiger partial charge in [-0.3, -0.25) is 18.6 Å². The Morgan fingerprint density at radius 2 is 1.11 bits per heavy atom. The first-order valence-electron chi connectivity index (χ1n) is 21.1. The maximum absolute atomic E-state index is 12.6. The monoisotopic (exact) mass is 789 g/mol. The lowest BCUT2D eigenvalue weighted by molar-refractivity contribution is -0.161. The number of carbonyl (C=O) groups excluding carboxylic acids is 2. The molecule has 0 aliphatic heterocycles. The number of ether oxygens (including phenoxy) is 2. The minimum atomic E-state index is -4.64. The van der Waals surface area contributed by atoms with Crippen LogP contribution in [0.1, 0.15) is 174 Å². The van der Waals surface area contributed by atoms with Crippen molar-refractivity contribution in [1.29, 1.82) is 0 Å². The molecule has 0 bridgehead atoms. The average Bonchev–Trinajstić information content (AvgIpc) is 3.15. The Balaban J connectivity index is 4.42. The lowest BCUT2D eigenvalue weighted by Gasteiger charge is -2.20. The number of aliphatic hydroxyl groups is 3. The van der Waals surface area contributed by atoms with Crippen molar-refractivity contribution in [3.63, 3.8) is 0 Å². The molecule has 0 radical (unpaired) electrons. The number of hydrogen-bond acceptors (Lipinski definition) is 10. The molecule has 0 fully saturated rings. The lowest BCUT2D eigenvalue weighted by atomic mass is 10.1. The van der Waals surface area contributed by atoms with Gasteiger partial charge in [-0.15, -0.1) is 0 Å². The van der Waals surface area contributed by atoms with Crippen molar-refractivity contribution in [1.82, 2.24) is 0 Å². The lowest BCUT2D eigenvalue weighted by Crippen LogP contribution is -2.29. The Kier molecular flexibility index (Phi) is 36.7. The van der Waals surface area contributed by atoms with Gasteiger partial charge in [0.15, 0.2) is 6.10 Å². The second-order valence-electron chi connectivity index (χ2n) is 14.2. The molecule has 4 N–H and O–H groups in total. The predicted molar refractivity (Wildman–Crippen MR) is 216 cm³/mol. The van der Waals surface area contributed by atoms with E-state index in [1.54, 1.807) is 0 Å². The van der Waals surface area contributed by atoms with Crippen LogP contribution >= 0.6 is 7.82 Å². The van der Waals surface area contributed by atoms with Crippen LogP contribution in [0, 0.1) is 0 Å². The van der Waals surface area contributed by atoms with Gasteiger partial charge in [-0.25, -0.2) is 4.57 Å². The topological polar surface area (TPSA) is 169 Å². The number of phosphoric acid groups is 1. The largest absolute Gasteiger partial charge is 0.472 e. The van der Waals surface area contributed by atoms with Gasteiger partial charge in [0, 0.05) is 12.8 Å². The Morgan fingerprint density at radius 1 is 0.611 bits per heavy atom. The van der Waals surface area contributed by atoms with Crippen molar-refractivity contribution in [3.8, 4) is 0 Å². The van der Waals surface area contributed by atoms with E-state index in [2.05, 4.69) is 36.6 Å². The highest BCUT2D eigenvalue weighted by atomic mass is 31.2. The molecule has 316 valence electrons. The summed E-state index contributed by atoms with van der Waals surface area (Å²) in [6.07, 6.45) is 34.1. The second kappa shape index (κ2) is 38.0. The van der Waals surface area contributed by atoms with Crippen LogP contribution in [0.25, 0.3) is 0 Å². The Hall–Kier alpha value is -1.85. The summed E-state index contributed by atoms with van der Waals surface area (Å²) in [4.78, 5) is 34.9. The first-order chi connectivity index (χ1) is 26.1. The summed E-state index contributed by atoms with van der Waals surface area (Å²) in [5, 5.41) is 28.4. The van der Waals surface area contributed by atoms with Gasteiger partial charge in [0.25, 0.3) is 0 Å². The van der Waals surface area contributed by atoms with Gasteiger partial charge < -0.3 is 29.7 Å². The Morgan fingerprint density at radius 3 is 1.74 bits per heavy atom. The summed E-state index contributed by atoms with van der Waals surface area (Å²) < 4.78 is 32.6. The van der Waals surface area contributed by atoms with E-state index in [4.69, 9.17) is 19.1 Å². The zero-order valence-corrected chi connectivity index (χ0v) is 34.7. The number of rotatable bonds is 39. The standard InChI is InChI=1S/C42H77O11P/c1-3-5-7-9-11-12-13-14-15-16-17-18-20-24-28-32-41(46)50-36-40(37-52-54(48,49)51-35-39(45)34-43)53-42(47)33-29-25-21-23-27-31-38(44)30-26-22-19-10-8-6-4-2/h14-15,19,22,26,30,38-40,43-45H,3-13,16-18,20-21,23-25,27-29,31-37H2,1-2H3,(H,48,49). The normalized spacial score (nSPS) is 14.9. The van der Waals surface area contributed by atoms with Gasteiger partial charge >= 0.3 is 19.8 Å². The zero-order valence-electron chi connectivity index (χ0n) is 33.8. The molecule has 0 aliphatic rings. The molecule has 0 aliphatic carbocycles. The fraction of sp³-hybridized carbons (Fsp3) is 0.810. The summed E-state index contributed by atoms with van der Waals surface area (Å²) in [6.45, 7) is 2.21. The maximum atomic E-state index is 12.6. The fourth-order valence-electron chi connectivity index (χ4n) is 5.54. The molecule has 0 amide bonds. The minimum absolute atomic E-state index is 0.116. The second-order valence-corrected chi connectivity index (χ2v) is 15.7. The van der Waals surface area contributed by atoms with E-state index < -0.39 is 57.9 Å². The van der Waals surface area contributed by atoms with Crippen molar-refractivity contribution in [2.45, 2.75) is 193 Å². The van der Waals surface area contributed by atoms with Crippen molar-refractivity contribution in [2.75, 3.05) is 26.4 Å². The van der Waals surface area contributed by atoms with Gasteiger partial charge in [0.05, 0.1) is 25.9 Å². The summed E-state index contributed by atoms with van der Waals surface area (Å²) >= 11 is 0. The highest BCUT2D eigenvalue weighted by Gasteiger charge is 2.27. The molecule has 4 unspecified atom stereocenters. The first-order valence-corrected chi connectivity index (χ1v) is 22.5. The molecule has 12 heteroatoms. The van der Waals surface area contributed by atoms with Crippen LogP contribution in [0.4, 0.5) is 0 Å². The third-order valence-corrected chi connectivity index (χ3v) is 9.82. The molecular formula is C42H77O11P. The van der Waals surface area contributed by atoms with E-state index >= 15 is 0 Å². The molecule has 0 spiro atoms. The molecule has 4 atom stereocenters. The molecule has 54 heavy (non-hydrogen) atoms. The highest BCUT2D eigenvalue weighted by Crippen LogP contribution is 2.43. The van der Waals surface area contributed by atoms with E-state index in [0.717, 1.165) is 70.6 Å². The number of carbonyl (C=O) groups is 2. The van der Waals surface area contributed by atoms with Crippen molar-refractivity contribution in [2.24, 2.45) is 0 Å². The van der Waals surface area contributed by atoms with Crippen LogP contribution in [0.5, 0.6) is 0 Å². The number of allylic oxidation sites excluding steroid dienone is 5. The van der Waals surface area contributed by atoms with E-state index in [0.29, 0.717) is 19.3 Å².